The van der Waals surface area contributed by atoms with E-state index in [0.717, 1.165) is 31.5 Å². The summed E-state index contributed by atoms with van der Waals surface area (Å²) < 4.78 is 5.28. The number of amides is 1. The highest BCUT2D eigenvalue weighted by Gasteiger charge is 2.22. The summed E-state index contributed by atoms with van der Waals surface area (Å²) in [6, 6.07) is 8.31. The summed E-state index contributed by atoms with van der Waals surface area (Å²) in [6.45, 7) is 2.76. The second-order valence-corrected chi connectivity index (χ2v) is 4.77. The van der Waals surface area contributed by atoms with E-state index in [-0.39, 0.29) is 5.91 Å². The van der Waals surface area contributed by atoms with E-state index in [0.29, 0.717) is 13.2 Å². The summed E-state index contributed by atoms with van der Waals surface area (Å²) >= 11 is 0. The van der Waals surface area contributed by atoms with Crippen molar-refractivity contribution >= 4 is 12.0 Å². The lowest BCUT2D eigenvalue weighted by Crippen LogP contribution is -2.41. The first-order valence-corrected chi connectivity index (χ1v) is 6.50. The molecule has 1 aliphatic heterocycles. The average molecular weight is 243 g/mol. The van der Waals surface area contributed by atoms with Crippen molar-refractivity contribution in [2.24, 2.45) is 0 Å². The van der Waals surface area contributed by atoms with Gasteiger partial charge in [0.05, 0.1) is 13.2 Å². The molecule has 1 aromatic rings. The Balaban J connectivity index is 1.81. The van der Waals surface area contributed by atoms with Gasteiger partial charge in [-0.05, 0) is 30.0 Å². The molecule has 0 unspecified atom stereocenters. The molecule has 0 radical (unpaired) electrons. The summed E-state index contributed by atoms with van der Waals surface area (Å²) in [4.78, 5) is 14.3. The van der Waals surface area contributed by atoms with Gasteiger partial charge in [0.25, 0.3) is 0 Å². The van der Waals surface area contributed by atoms with Crippen molar-refractivity contribution in [3.8, 4) is 0 Å². The molecule has 2 aliphatic rings. The van der Waals surface area contributed by atoms with E-state index in [1.165, 1.54) is 11.1 Å². The van der Waals surface area contributed by atoms with Crippen molar-refractivity contribution in [1.82, 2.24) is 4.90 Å². The average Bonchev–Trinajstić information content (AvgIpc) is 2.47. The van der Waals surface area contributed by atoms with Crippen LogP contribution in [0.4, 0.5) is 0 Å². The highest BCUT2D eigenvalue weighted by molar-refractivity contribution is 5.98. The molecule has 0 spiro atoms. The third kappa shape index (κ3) is 2.18. The summed E-state index contributed by atoms with van der Waals surface area (Å²) in [5.74, 6) is 0.188. The van der Waals surface area contributed by atoms with E-state index in [1.807, 2.05) is 11.0 Å². The fourth-order valence-corrected chi connectivity index (χ4v) is 2.57. The topological polar surface area (TPSA) is 29.5 Å². The Morgan fingerprint density at radius 3 is 2.72 bits per heavy atom. The van der Waals surface area contributed by atoms with Gasteiger partial charge in [0.2, 0.25) is 5.91 Å². The quantitative estimate of drug-likeness (QED) is 0.753. The molecule has 1 aromatic carbocycles. The van der Waals surface area contributed by atoms with Crippen molar-refractivity contribution in [2.45, 2.75) is 12.8 Å². The molecule has 0 N–H and O–H groups in total. The van der Waals surface area contributed by atoms with E-state index in [9.17, 15) is 4.79 Å². The Morgan fingerprint density at radius 2 is 1.89 bits per heavy atom. The van der Waals surface area contributed by atoms with Gasteiger partial charge in [0.1, 0.15) is 0 Å². The van der Waals surface area contributed by atoms with Crippen LogP contribution in [0.15, 0.2) is 29.8 Å². The van der Waals surface area contributed by atoms with Gasteiger partial charge in [-0.1, -0.05) is 24.3 Å². The minimum atomic E-state index is 0.188. The van der Waals surface area contributed by atoms with E-state index < -0.39 is 0 Å². The predicted octanol–water partition coefficient (Wildman–Crippen LogP) is 1.88. The molecular formula is C15H17NO2. The van der Waals surface area contributed by atoms with Crippen LogP contribution in [0.5, 0.6) is 0 Å². The van der Waals surface area contributed by atoms with E-state index in [4.69, 9.17) is 4.74 Å². The van der Waals surface area contributed by atoms with Gasteiger partial charge in [-0.25, -0.2) is 0 Å². The maximum absolute atomic E-state index is 12.4. The smallest absolute Gasteiger partial charge is 0.249 e. The van der Waals surface area contributed by atoms with Crippen molar-refractivity contribution < 1.29 is 9.53 Å². The fraction of sp³-hybridized carbons (Fsp3) is 0.400. The number of hydrogen-bond donors (Lipinski definition) is 0. The number of carbonyl (C=O) groups excluding carboxylic acids is 1. The molecule has 1 heterocycles. The number of nitrogens with zero attached hydrogens (tertiary/aromatic N) is 1. The zero-order chi connectivity index (χ0) is 12.4. The number of hydrogen-bond acceptors (Lipinski definition) is 2. The zero-order valence-corrected chi connectivity index (χ0v) is 10.4. The predicted molar refractivity (Wildman–Crippen MR) is 70.1 cm³/mol. The van der Waals surface area contributed by atoms with Crippen LogP contribution in [0.25, 0.3) is 6.08 Å². The summed E-state index contributed by atoms with van der Waals surface area (Å²) in [5.41, 5.74) is 3.48. The maximum Gasteiger partial charge on any atom is 0.249 e. The van der Waals surface area contributed by atoms with E-state index in [2.05, 4.69) is 24.3 Å². The van der Waals surface area contributed by atoms with Gasteiger partial charge in [0, 0.05) is 18.7 Å². The minimum Gasteiger partial charge on any atom is -0.378 e. The lowest BCUT2D eigenvalue weighted by atomic mass is 9.91. The van der Waals surface area contributed by atoms with Crippen LogP contribution in [0, 0.1) is 0 Å². The normalized spacial score (nSPS) is 19.1. The van der Waals surface area contributed by atoms with Crippen LogP contribution >= 0.6 is 0 Å². The van der Waals surface area contributed by atoms with Gasteiger partial charge >= 0.3 is 0 Å². The number of morpholine rings is 1. The first-order valence-electron chi connectivity index (χ1n) is 6.50. The second kappa shape index (κ2) is 4.94. The highest BCUT2D eigenvalue weighted by Crippen LogP contribution is 2.25. The molecular weight excluding hydrogens is 226 g/mol. The van der Waals surface area contributed by atoms with E-state index >= 15 is 0 Å². The third-order valence-corrected chi connectivity index (χ3v) is 3.62. The third-order valence-electron chi connectivity index (χ3n) is 3.62. The van der Waals surface area contributed by atoms with Crippen molar-refractivity contribution in [2.75, 3.05) is 26.3 Å². The molecule has 1 saturated heterocycles. The number of rotatable bonds is 1. The van der Waals surface area contributed by atoms with Gasteiger partial charge in [-0.15, -0.1) is 0 Å². The van der Waals surface area contributed by atoms with Gasteiger partial charge in [0.15, 0.2) is 0 Å². The van der Waals surface area contributed by atoms with Crippen LogP contribution in [0.1, 0.15) is 17.5 Å². The molecule has 0 aromatic heterocycles. The van der Waals surface area contributed by atoms with Crippen LogP contribution in [0.3, 0.4) is 0 Å². The minimum absolute atomic E-state index is 0.188. The molecule has 0 bridgehead atoms. The largest absolute Gasteiger partial charge is 0.378 e. The SMILES string of the molecule is O=C(C1=Cc2ccccc2CC1)N1CCOCC1. The summed E-state index contributed by atoms with van der Waals surface area (Å²) in [6.07, 6.45) is 3.88. The number of aryl methyl sites for hydroxylation is 1. The first kappa shape index (κ1) is 11.5. The molecule has 18 heavy (non-hydrogen) atoms. The maximum atomic E-state index is 12.4. The fourth-order valence-electron chi connectivity index (χ4n) is 2.57. The molecule has 1 amide bonds. The van der Waals surface area contributed by atoms with Crippen LogP contribution in [0.2, 0.25) is 0 Å². The Morgan fingerprint density at radius 1 is 1.11 bits per heavy atom. The number of ether oxygens (including phenoxy) is 1. The molecule has 0 saturated carbocycles. The molecule has 3 heteroatoms. The van der Waals surface area contributed by atoms with Crippen LogP contribution in [-0.2, 0) is 16.0 Å². The number of benzene rings is 1. The van der Waals surface area contributed by atoms with Crippen molar-refractivity contribution in [1.29, 1.82) is 0 Å². The van der Waals surface area contributed by atoms with Crippen LogP contribution < -0.4 is 0 Å². The van der Waals surface area contributed by atoms with Crippen LogP contribution in [-0.4, -0.2) is 37.1 Å². The molecule has 1 fully saturated rings. The summed E-state index contributed by atoms with van der Waals surface area (Å²) in [5, 5.41) is 0. The molecule has 0 atom stereocenters. The Kier molecular flexibility index (Phi) is 3.15. The summed E-state index contributed by atoms with van der Waals surface area (Å²) in [7, 11) is 0. The molecule has 3 nitrogen and oxygen atoms in total. The standard InChI is InChI=1S/C15H17NO2/c17-15(16-7-9-18-10-8-16)14-6-5-12-3-1-2-4-13(12)11-14/h1-4,11H,5-10H2. The number of fused-ring (bicyclic) bond motifs is 1. The molecule has 94 valence electrons. The van der Waals surface area contributed by atoms with Gasteiger partial charge in [-0.2, -0.15) is 0 Å². The lowest BCUT2D eigenvalue weighted by molar-refractivity contribution is -0.131. The Hall–Kier alpha value is -1.61. The monoisotopic (exact) mass is 243 g/mol. The van der Waals surface area contributed by atoms with Gasteiger partial charge < -0.3 is 9.64 Å². The highest BCUT2D eigenvalue weighted by atomic mass is 16.5. The zero-order valence-electron chi connectivity index (χ0n) is 10.4. The first-order chi connectivity index (χ1) is 8.84. The van der Waals surface area contributed by atoms with Crippen molar-refractivity contribution in [3.05, 3.63) is 41.0 Å². The molecule has 3 rings (SSSR count). The Bertz CT molecular complexity index is 487. The molecule has 1 aliphatic carbocycles. The van der Waals surface area contributed by atoms with Gasteiger partial charge in [-0.3, -0.25) is 4.79 Å². The van der Waals surface area contributed by atoms with Crippen molar-refractivity contribution in [3.63, 3.8) is 0 Å². The number of carbonyl (C=O) groups is 1. The lowest BCUT2D eigenvalue weighted by Gasteiger charge is -2.28. The Labute approximate surface area is 107 Å². The second-order valence-electron chi connectivity index (χ2n) is 4.77. The van der Waals surface area contributed by atoms with E-state index in [1.54, 1.807) is 0 Å².